The molecule has 0 unspecified atom stereocenters. The van der Waals surface area contributed by atoms with Gasteiger partial charge in [-0.05, 0) is 24.6 Å². The number of carboxylic acid groups (broad SMARTS) is 1. The predicted molar refractivity (Wildman–Crippen MR) is 74.6 cm³/mol. The van der Waals surface area contributed by atoms with Crippen molar-refractivity contribution in [1.82, 2.24) is 10.6 Å². The summed E-state index contributed by atoms with van der Waals surface area (Å²) in [6.45, 7) is 4.29. The van der Waals surface area contributed by atoms with Crippen LogP contribution in [0.25, 0.3) is 0 Å². The van der Waals surface area contributed by atoms with E-state index in [4.69, 9.17) is 5.11 Å². The first-order valence-corrected chi connectivity index (χ1v) is 6.60. The Morgan fingerprint density at radius 2 is 1.79 bits per heavy atom. The van der Waals surface area contributed by atoms with E-state index in [1.165, 1.54) is 0 Å². The van der Waals surface area contributed by atoms with Crippen LogP contribution in [-0.2, 0) is 14.4 Å². The number of aliphatic carboxylic acids is 1. The van der Waals surface area contributed by atoms with Crippen LogP contribution in [0.15, 0.2) is 0 Å². The monoisotopic (exact) mass is 270 g/mol. The van der Waals surface area contributed by atoms with Gasteiger partial charge in [0.2, 0.25) is 11.8 Å². The number of carboxylic acids is 1. The molecule has 0 aliphatic carbocycles. The van der Waals surface area contributed by atoms with Gasteiger partial charge in [0.05, 0.1) is 6.54 Å². The first kappa shape index (κ1) is 17.5. The topological polar surface area (TPSA) is 95.5 Å². The smallest absolute Gasteiger partial charge is 0.303 e. The summed E-state index contributed by atoms with van der Waals surface area (Å²) in [5, 5.41) is 13.9. The quantitative estimate of drug-likeness (QED) is 0.488. The van der Waals surface area contributed by atoms with Crippen LogP contribution < -0.4 is 10.6 Å². The van der Waals surface area contributed by atoms with Crippen molar-refractivity contribution in [2.24, 2.45) is 11.8 Å². The van der Waals surface area contributed by atoms with Crippen LogP contribution in [0, 0.1) is 11.8 Å². The van der Waals surface area contributed by atoms with Crippen LogP contribution in [0.1, 0.15) is 26.7 Å². The Hall–Kier alpha value is -1.53. The summed E-state index contributed by atoms with van der Waals surface area (Å²) in [5.41, 5.74) is 0. The third kappa shape index (κ3) is 10.1. The Labute approximate surface area is 114 Å². The lowest BCUT2D eigenvalue weighted by Crippen LogP contribution is -2.39. The van der Waals surface area contributed by atoms with Crippen molar-refractivity contribution in [2.45, 2.75) is 33.0 Å². The second-order valence-electron chi connectivity index (χ2n) is 5.03. The Kier molecular flexibility index (Phi) is 8.66. The molecule has 0 aliphatic rings. The molecule has 19 heavy (non-hydrogen) atoms. The largest absolute Gasteiger partial charge is 0.481 e. The van der Waals surface area contributed by atoms with E-state index in [2.05, 4.69) is 10.6 Å². The second kappa shape index (κ2) is 9.41. The number of rotatable bonds is 9. The molecule has 0 aromatic heterocycles. The molecule has 0 spiro atoms. The highest BCUT2D eigenvalue weighted by Crippen LogP contribution is 2.14. The van der Waals surface area contributed by atoms with Gasteiger partial charge in [0.25, 0.3) is 0 Å². The van der Waals surface area contributed by atoms with Crippen molar-refractivity contribution in [2.75, 3.05) is 13.1 Å². The molecule has 0 saturated carbocycles. The van der Waals surface area contributed by atoms with Gasteiger partial charge in [-0.3, -0.25) is 14.4 Å². The first-order chi connectivity index (χ1) is 8.85. The third-order valence-electron chi connectivity index (χ3n) is 2.62. The van der Waals surface area contributed by atoms with Gasteiger partial charge in [-0.2, -0.15) is 0 Å². The van der Waals surface area contributed by atoms with Crippen LogP contribution in [0.3, 0.4) is 0 Å². The van der Waals surface area contributed by atoms with Crippen molar-refractivity contribution in [3.8, 4) is 0 Å². The molecule has 0 heterocycles. The summed E-state index contributed by atoms with van der Waals surface area (Å²) >= 11 is 0. The molecule has 0 rings (SSSR count). The summed E-state index contributed by atoms with van der Waals surface area (Å²) in [6, 6.07) is 0. The zero-order chi connectivity index (χ0) is 14.8. The van der Waals surface area contributed by atoms with Crippen molar-refractivity contribution in [1.29, 1.82) is 0 Å². The van der Waals surface area contributed by atoms with Crippen molar-refractivity contribution >= 4 is 25.6 Å². The van der Waals surface area contributed by atoms with E-state index in [1.54, 1.807) is 7.85 Å². The standard InChI is InChI=1S/C12H23BN2O4/c1-8(2)3-9(4-12(18)19)6-14-11(17)7-15-10(16)5-13/h8-9H,3-7,13H2,1-2H3,(H,14,17)(H,15,16)(H,18,19)/t9-/m0/s1. The molecule has 0 bridgehead atoms. The number of carbonyl (C=O) groups is 3. The summed E-state index contributed by atoms with van der Waals surface area (Å²) in [5.74, 6) is -1.04. The second-order valence-corrected chi connectivity index (χ2v) is 5.03. The molecule has 0 radical (unpaired) electrons. The molecule has 0 aromatic carbocycles. The Morgan fingerprint density at radius 1 is 1.16 bits per heavy atom. The van der Waals surface area contributed by atoms with Gasteiger partial charge in [0.1, 0.15) is 7.85 Å². The minimum atomic E-state index is -0.862. The fourth-order valence-corrected chi connectivity index (χ4v) is 1.78. The molecule has 6 nitrogen and oxygen atoms in total. The predicted octanol–water partition coefficient (Wildman–Crippen LogP) is -0.593. The van der Waals surface area contributed by atoms with E-state index in [1.807, 2.05) is 13.8 Å². The SMILES string of the molecule is BCC(=O)NCC(=O)NC[C@H](CC(=O)O)CC(C)C. The lowest BCUT2D eigenvalue weighted by atomic mass is 9.94. The number of carbonyl (C=O) groups excluding carboxylic acids is 2. The molecule has 1 atom stereocenters. The fraction of sp³-hybridized carbons (Fsp3) is 0.750. The highest BCUT2D eigenvalue weighted by Gasteiger charge is 2.16. The molecular weight excluding hydrogens is 247 g/mol. The van der Waals surface area contributed by atoms with Gasteiger partial charge < -0.3 is 15.7 Å². The van der Waals surface area contributed by atoms with Crippen molar-refractivity contribution < 1.29 is 19.5 Å². The van der Waals surface area contributed by atoms with Gasteiger partial charge in [0.15, 0.2) is 0 Å². The summed E-state index contributed by atoms with van der Waals surface area (Å²) < 4.78 is 0. The lowest BCUT2D eigenvalue weighted by Gasteiger charge is -2.17. The minimum Gasteiger partial charge on any atom is -0.481 e. The maximum atomic E-state index is 11.5. The normalized spacial score (nSPS) is 11.9. The van der Waals surface area contributed by atoms with Gasteiger partial charge in [-0.1, -0.05) is 13.8 Å². The minimum absolute atomic E-state index is 0.0414. The average Bonchev–Trinajstić information content (AvgIpc) is 2.31. The Bertz CT molecular complexity index is 321. The van der Waals surface area contributed by atoms with E-state index < -0.39 is 5.97 Å². The maximum absolute atomic E-state index is 11.5. The molecule has 7 heteroatoms. The van der Waals surface area contributed by atoms with Crippen LogP contribution in [0.5, 0.6) is 0 Å². The summed E-state index contributed by atoms with van der Waals surface area (Å²) in [7, 11) is 1.71. The van der Waals surface area contributed by atoms with E-state index in [9.17, 15) is 14.4 Å². The van der Waals surface area contributed by atoms with Crippen LogP contribution in [-0.4, -0.2) is 43.8 Å². The van der Waals surface area contributed by atoms with Gasteiger partial charge in [-0.25, -0.2) is 0 Å². The molecule has 3 N–H and O–H groups in total. The highest BCUT2D eigenvalue weighted by molar-refractivity contribution is 6.19. The van der Waals surface area contributed by atoms with Gasteiger partial charge >= 0.3 is 5.97 Å². The molecule has 0 aliphatic heterocycles. The van der Waals surface area contributed by atoms with Crippen molar-refractivity contribution in [3.05, 3.63) is 0 Å². The van der Waals surface area contributed by atoms with E-state index >= 15 is 0 Å². The summed E-state index contributed by atoms with van der Waals surface area (Å²) in [6.07, 6.45) is 1.12. The molecule has 0 fully saturated rings. The molecular formula is C12H23BN2O4. The maximum Gasteiger partial charge on any atom is 0.303 e. The average molecular weight is 270 g/mol. The highest BCUT2D eigenvalue weighted by atomic mass is 16.4. The van der Waals surface area contributed by atoms with Crippen molar-refractivity contribution in [3.63, 3.8) is 0 Å². The third-order valence-corrected chi connectivity index (χ3v) is 2.62. The first-order valence-electron chi connectivity index (χ1n) is 6.60. The van der Waals surface area contributed by atoms with Crippen LogP contribution in [0.2, 0.25) is 6.32 Å². The number of hydrogen-bond donors (Lipinski definition) is 3. The zero-order valence-corrected chi connectivity index (χ0v) is 11.9. The van der Waals surface area contributed by atoms with Crippen LogP contribution in [0.4, 0.5) is 0 Å². The fourth-order valence-electron chi connectivity index (χ4n) is 1.78. The molecule has 0 aromatic rings. The Morgan fingerprint density at radius 3 is 2.26 bits per heavy atom. The van der Waals surface area contributed by atoms with Crippen LogP contribution >= 0.6 is 0 Å². The Balaban J connectivity index is 4.04. The molecule has 108 valence electrons. The van der Waals surface area contributed by atoms with Gasteiger partial charge in [-0.15, -0.1) is 0 Å². The summed E-state index contributed by atoms with van der Waals surface area (Å²) in [4.78, 5) is 33.2. The number of hydrogen-bond acceptors (Lipinski definition) is 3. The van der Waals surface area contributed by atoms with E-state index in [0.29, 0.717) is 18.8 Å². The lowest BCUT2D eigenvalue weighted by molar-refractivity contribution is -0.138. The molecule has 0 saturated heterocycles. The van der Waals surface area contributed by atoms with E-state index in [0.717, 1.165) is 6.42 Å². The van der Waals surface area contributed by atoms with E-state index in [-0.39, 0.29) is 30.7 Å². The number of nitrogens with one attached hydrogen (secondary N) is 2. The van der Waals surface area contributed by atoms with Gasteiger partial charge in [0, 0.05) is 13.0 Å². The zero-order valence-electron chi connectivity index (χ0n) is 11.9. The molecule has 2 amide bonds. The number of amides is 2.